The van der Waals surface area contributed by atoms with E-state index < -0.39 is 21.7 Å². The maximum Gasteiger partial charge on any atom is 0.243 e. The monoisotopic (exact) mass is 413 g/mol. The van der Waals surface area contributed by atoms with E-state index in [1.165, 1.54) is 42.5 Å². The fourth-order valence-electron chi connectivity index (χ4n) is 2.84. The second kappa shape index (κ2) is 8.04. The number of benzene rings is 2. The Kier molecular flexibility index (Phi) is 5.69. The molecule has 8 heteroatoms. The van der Waals surface area contributed by atoms with Crippen LogP contribution in [0.3, 0.4) is 0 Å². The Bertz CT molecular complexity index is 1110. The van der Waals surface area contributed by atoms with E-state index in [1.807, 2.05) is 0 Å². The fraction of sp³-hybridized carbons (Fsp3) is 0.0952. The maximum atomic E-state index is 12.7. The summed E-state index contributed by atoms with van der Waals surface area (Å²) in [7, 11) is -4.26. The summed E-state index contributed by atoms with van der Waals surface area (Å²) in [5.74, 6) is -1.90. The number of carbonyl (C=O) groups is 1. The van der Waals surface area contributed by atoms with Crippen LogP contribution < -0.4 is 4.72 Å². The Balaban J connectivity index is 1.88. The molecule has 150 valence electrons. The third-order valence-electron chi connectivity index (χ3n) is 4.29. The second-order valence-electron chi connectivity index (χ2n) is 6.47. The molecule has 1 aliphatic carbocycles. The van der Waals surface area contributed by atoms with Crippen molar-refractivity contribution in [1.29, 1.82) is 0 Å². The van der Waals surface area contributed by atoms with Gasteiger partial charge < -0.3 is 15.3 Å². The van der Waals surface area contributed by atoms with E-state index in [0.717, 1.165) is 12.1 Å². The van der Waals surface area contributed by atoms with Crippen LogP contribution in [0.5, 0.6) is 5.75 Å². The number of hydrogen-bond donors (Lipinski definition) is 4. The molecular weight excluding hydrogens is 394 g/mol. The molecule has 29 heavy (non-hydrogen) atoms. The minimum Gasteiger partial charge on any atom is -0.508 e. The molecule has 0 radical (unpaired) electrons. The lowest BCUT2D eigenvalue weighted by atomic mass is 9.90. The highest BCUT2D eigenvalue weighted by Gasteiger charge is 2.39. The largest absolute Gasteiger partial charge is 0.508 e. The average Bonchev–Trinajstić information content (AvgIpc) is 2.67. The van der Waals surface area contributed by atoms with Crippen LogP contribution in [0.25, 0.3) is 0 Å². The molecule has 0 spiro atoms. The summed E-state index contributed by atoms with van der Waals surface area (Å²) in [6, 6.07) is 13.4. The van der Waals surface area contributed by atoms with Crippen molar-refractivity contribution in [3.63, 3.8) is 0 Å². The summed E-state index contributed by atoms with van der Waals surface area (Å²) in [5, 5.41) is 30.3. The minimum absolute atomic E-state index is 0.258. The number of allylic oxidation sites excluding steroid dienone is 2. The molecule has 0 heterocycles. The third kappa shape index (κ3) is 4.80. The summed E-state index contributed by atoms with van der Waals surface area (Å²) in [5.41, 5.74) is -1.79. The number of aliphatic hydroxyl groups excluding tert-OH is 1. The first-order valence-corrected chi connectivity index (χ1v) is 10.1. The Labute approximate surface area is 168 Å². The lowest BCUT2D eigenvalue weighted by Crippen LogP contribution is -2.52. The molecule has 1 aliphatic rings. The smallest absolute Gasteiger partial charge is 0.243 e. The summed E-state index contributed by atoms with van der Waals surface area (Å²) in [6.07, 6.45) is 6.18. The van der Waals surface area contributed by atoms with Crippen molar-refractivity contribution >= 4 is 15.8 Å². The van der Waals surface area contributed by atoms with Gasteiger partial charge >= 0.3 is 0 Å². The van der Waals surface area contributed by atoms with Gasteiger partial charge in [-0.1, -0.05) is 48.6 Å². The number of aliphatic hydroxyl groups is 2. The number of carbonyl (C=O) groups excluding carboxylic acids is 1. The van der Waals surface area contributed by atoms with E-state index in [9.17, 15) is 28.5 Å². The van der Waals surface area contributed by atoms with Gasteiger partial charge in [0.2, 0.25) is 10.0 Å². The summed E-state index contributed by atoms with van der Waals surface area (Å²) in [6.45, 7) is 0. The number of hydrogen-bond acceptors (Lipinski definition) is 6. The van der Waals surface area contributed by atoms with Gasteiger partial charge in [0, 0.05) is 17.6 Å². The fourth-order valence-corrected chi connectivity index (χ4v) is 4.12. The molecule has 0 aromatic heterocycles. The van der Waals surface area contributed by atoms with Crippen LogP contribution in [0.15, 0.2) is 95.6 Å². The standard InChI is InChI=1S/C21H19NO6S/c23-17-7-4-8-19(13-17)29(27,28)22-21(26)14-18(24)11-9-16(21)10-12-20(25)15-5-2-1-3-6-15/h1-14,16,22-24,26H. The van der Waals surface area contributed by atoms with Gasteiger partial charge in [-0.15, -0.1) is 0 Å². The van der Waals surface area contributed by atoms with Gasteiger partial charge in [0.15, 0.2) is 11.5 Å². The number of sulfonamides is 1. The van der Waals surface area contributed by atoms with E-state index >= 15 is 0 Å². The highest BCUT2D eigenvalue weighted by molar-refractivity contribution is 7.89. The SMILES string of the molecule is O=C(C=CC1C=CC(O)=CC1(O)NS(=O)(=O)c1cccc(O)c1)c1ccccc1. The molecule has 0 saturated carbocycles. The first-order valence-electron chi connectivity index (χ1n) is 8.63. The lowest BCUT2D eigenvalue weighted by Gasteiger charge is -2.32. The van der Waals surface area contributed by atoms with E-state index in [2.05, 4.69) is 4.72 Å². The van der Waals surface area contributed by atoms with Crippen molar-refractivity contribution in [2.45, 2.75) is 10.6 Å². The van der Waals surface area contributed by atoms with E-state index in [4.69, 9.17) is 0 Å². The van der Waals surface area contributed by atoms with Gasteiger partial charge in [0.05, 0.1) is 4.90 Å². The third-order valence-corrected chi connectivity index (χ3v) is 5.76. The minimum atomic E-state index is -4.26. The molecule has 2 unspecified atom stereocenters. The highest BCUT2D eigenvalue weighted by Crippen LogP contribution is 2.28. The Morgan fingerprint density at radius 3 is 2.48 bits per heavy atom. The van der Waals surface area contributed by atoms with Crippen LogP contribution in [-0.4, -0.2) is 35.2 Å². The molecule has 0 amide bonds. The van der Waals surface area contributed by atoms with Crippen LogP contribution in [-0.2, 0) is 10.0 Å². The molecule has 0 aliphatic heterocycles. The van der Waals surface area contributed by atoms with Crippen molar-refractivity contribution < 1.29 is 28.5 Å². The number of phenolic OH excluding ortho intramolecular Hbond substituents is 1. The number of nitrogens with one attached hydrogen (secondary N) is 1. The van der Waals surface area contributed by atoms with E-state index in [0.29, 0.717) is 5.56 Å². The Hall–Kier alpha value is -3.20. The zero-order valence-electron chi connectivity index (χ0n) is 15.1. The number of ketones is 1. The molecule has 7 nitrogen and oxygen atoms in total. The predicted molar refractivity (Wildman–Crippen MR) is 107 cm³/mol. The molecule has 3 rings (SSSR count). The van der Waals surface area contributed by atoms with Crippen molar-refractivity contribution in [2.75, 3.05) is 0 Å². The van der Waals surface area contributed by atoms with Crippen molar-refractivity contribution in [3.05, 3.63) is 96.3 Å². The quantitative estimate of drug-likeness (QED) is 0.328. The second-order valence-corrected chi connectivity index (χ2v) is 8.15. The topological polar surface area (TPSA) is 124 Å². The Morgan fingerprint density at radius 2 is 1.79 bits per heavy atom. The van der Waals surface area contributed by atoms with Gasteiger partial charge in [-0.05, 0) is 30.4 Å². The van der Waals surface area contributed by atoms with Gasteiger partial charge in [-0.25, -0.2) is 8.42 Å². The molecule has 2 aromatic rings. The molecule has 2 atom stereocenters. The van der Waals surface area contributed by atoms with Crippen LogP contribution in [0.2, 0.25) is 0 Å². The van der Waals surface area contributed by atoms with Crippen molar-refractivity contribution in [3.8, 4) is 5.75 Å². The number of phenols is 1. The molecule has 0 bridgehead atoms. The van der Waals surface area contributed by atoms with Crippen LogP contribution in [0.4, 0.5) is 0 Å². The molecule has 4 N–H and O–H groups in total. The number of rotatable bonds is 6. The summed E-state index contributed by atoms with van der Waals surface area (Å²) < 4.78 is 27.4. The zero-order chi connectivity index (χ0) is 21.1. The van der Waals surface area contributed by atoms with E-state index in [-0.39, 0.29) is 22.2 Å². The van der Waals surface area contributed by atoms with Gasteiger partial charge in [0.25, 0.3) is 0 Å². The van der Waals surface area contributed by atoms with E-state index in [1.54, 1.807) is 30.3 Å². The van der Waals surface area contributed by atoms with Gasteiger partial charge in [-0.2, -0.15) is 4.72 Å². The first kappa shape index (κ1) is 20.5. The van der Waals surface area contributed by atoms with Crippen molar-refractivity contribution in [2.24, 2.45) is 5.92 Å². The van der Waals surface area contributed by atoms with Crippen LogP contribution in [0.1, 0.15) is 10.4 Å². The molecule has 2 aromatic carbocycles. The van der Waals surface area contributed by atoms with Crippen LogP contribution in [0, 0.1) is 5.92 Å². The predicted octanol–water partition coefficient (Wildman–Crippen LogP) is 2.43. The van der Waals surface area contributed by atoms with Crippen molar-refractivity contribution in [1.82, 2.24) is 4.72 Å². The maximum absolute atomic E-state index is 12.7. The van der Waals surface area contributed by atoms with Gasteiger partial charge in [0.1, 0.15) is 11.5 Å². The summed E-state index contributed by atoms with van der Waals surface area (Å²) in [4.78, 5) is 12.0. The van der Waals surface area contributed by atoms with Crippen LogP contribution >= 0.6 is 0 Å². The molecular formula is C21H19NO6S. The normalized spacial score (nSPS) is 21.8. The lowest BCUT2D eigenvalue weighted by molar-refractivity contribution is 0.0484. The molecule has 0 fully saturated rings. The number of aromatic hydroxyl groups is 1. The zero-order valence-corrected chi connectivity index (χ0v) is 16.0. The highest BCUT2D eigenvalue weighted by atomic mass is 32.2. The van der Waals surface area contributed by atoms with Gasteiger partial charge in [-0.3, -0.25) is 4.79 Å². The Morgan fingerprint density at radius 1 is 1.07 bits per heavy atom. The summed E-state index contributed by atoms with van der Waals surface area (Å²) >= 11 is 0. The molecule has 0 saturated heterocycles. The first-order chi connectivity index (χ1) is 13.7. The average molecular weight is 413 g/mol.